The van der Waals surface area contributed by atoms with E-state index < -0.39 is 11.7 Å². The van der Waals surface area contributed by atoms with Crippen LogP contribution in [0.3, 0.4) is 0 Å². The monoisotopic (exact) mass is 288 g/mol. The van der Waals surface area contributed by atoms with Crippen LogP contribution in [-0.2, 0) is 12.7 Å². The third kappa shape index (κ3) is 3.42. The fraction of sp³-hybridized carbons (Fsp3) is 0.643. The molecule has 1 aromatic rings. The first-order valence-electron chi connectivity index (χ1n) is 6.87. The molecule has 1 aliphatic carbocycles. The van der Waals surface area contributed by atoms with Crippen molar-refractivity contribution in [2.24, 2.45) is 5.92 Å². The first-order chi connectivity index (χ1) is 9.41. The van der Waals surface area contributed by atoms with Gasteiger partial charge < -0.3 is 9.88 Å². The average Bonchev–Trinajstić information content (AvgIpc) is 2.83. The van der Waals surface area contributed by atoms with Crippen molar-refractivity contribution >= 4 is 0 Å². The normalized spacial score (nSPS) is 23.2. The maximum absolute atomic E-state index is 12.6. The van der Waals surface area contributed by atoms with Crippen LogP contribution < -0.4 is 10.9 Å². The van der Waals surface area contributed by atoms with Crippen molar-refractivity contribution in [1.82, 2.24) is 9.88 Å². The Labute approximate surface area is 115 Å². The summed E-state index contributed by atoms with van der Waals surface area (Å²) < 4.78 is 39.1. The summed E-state index contributed by atoms with van der Waals surface area (Å²) in [5.41, 5.74) is -1.15. The molecule has 3 nitrogen and oxygen atoms in total. The number of aromatic nitrogens is 1. The van der Waals surface area contributed by atoms with Crippen molar-refractivity contribution in [2.45, 2.75) is 44.4 Å². The lowest BCUT2D eigenvalue weighted by atomic mass is 9.99. The van der Waals surface area contributed by atoms with Gasteiger partial charge in [0.1, 0.15) is 0 Å². The Bertz CT molecular complexity index is 510. The molecular weight excluding hydrogens is 269 g/mol. The molecule has 0 spiro atoms. The summed E-state index contributed by atoms with van der Waals surface area (Å²) in [7, 11) is 1.90. The van der Waals surface area contributed by atoms with Crippen molar-refractivity contribution in [3.8, 4) is 0 Å². The highest BCUT2D eigenvalue weighted by Gasteiger charge is 2.31. The zero-order chi connectivity index (χ0) is 14.8. The van der Waals surface area contributed by atoms with E-state index in [1.165, 1.54) is 4.57 Å². The lowest BCUT2D eigenvalue weighted by Crippen LogP contribution is -2.30. The highest BCUT2D eigenvalue weighted by Crippen LogP contribution is 2.30. The number of aryl methyl sites for hydroxylation is 1. The number of rotatable bonds is 4. The number of hydrogen-bond acceptors (Lipinski definition) is 2. The molecule has 2 unspecified atom stereocenters. The molecule has 0 aromatic carbocycles. The van der Waals surface area contributed by atoms with Crippen molar-refractivity contribution < 1.29 is 13.2 Å². The average molecular weight is 288 g/mol. The van der Waals surface area contributed by atoms with Gasteiger partial charge in [0.15, 0.2) is 0 Å². The van der Waals surface area contributed by atoms with Crippen LogP contribution in [0.2, 0.25) is 0 Å². The van der Waals surface area contributed by atoms with Gasteiger partial charge in [0.25, 0.3) is 5.56 Å². The van der Waals surface area contributed by atoms with Crippen LogP contribution in [0, 0.1) is 5.92 Å². The van der Waals surface area contributed by atoms with Gasteiger partial charge in [-0.05, 0) is 38.3 Å². The predicted octanol–water partition coefficient (Wildman–Crippen LogP) is 2.65. The molecule has 0 radical (unpaired) electrons. The van der Waals surface area contributed by atoms with Gasteiger partial charge in [0, 0.05) is 24.8 Å². The van der Waals surface area contributed by atoms with E-state index in [4.69, 9.17) is 0 Å². The van der Waals surface area contributed by atoms with Crippen molar-refractivity contribution in [3.63, 3.8) is 0 Å². The number of pyridine rings is 1. The third-order valence-electron chi connectivity index (χ3n) is 4.08. The van der Waals surface area contributed by atoms with Gasteiger partial charge in [-0.1, -0.05) is 6.42 Å². The largest absolute Gasteiger partial charge is 0.417 e. The highest BCUT2D eigenvalue weighted by atomic mass is 19.4. The summed E-state index contributed by atoms with van der Waals surface area (Å²) in [6.07, 6.45) is 0.542. The third-order valence-corrected chi connectivity index (χ3v) is 4.08. The van der Waals surface area contributed by atoms with Crippen LogP contribution in [0.5, 0.6) is 0 Å². The minimum atomic E-state index is -4.41. The molecule has 0 bridgehead atoms. The lowest BCUT2D eigenvalue weighted by Gasteiger charge is -2.19. The number of nitrogens with zero attached hydrogens (tertiary/aromatic N) is 1. The summed E-state index contributed by atoms with van der Waals surface area (Å²) in [4.78, 5) is 11.6. The number of nitrogens with one attached hydrogen (secondary N) is 1. The van der Waals surface area contributed by atoms with Gasteiger partial charge in [-0.25, -0.2) is 0 Å². The van der Waals surface area contributed by atoms with E-state index >= 15 is 0 Å². The topological polar surface area (TPSA) is 34.0 Å². The van der Waals surface area contributed by atoms with E-state index in [9.17, 15) is 18.0 Å². The molecular formula is C14H19F3N2O. The van der Waals surface area contributed by atoms with E-state index in [-0.39, 0.29) is 5.56 Å². The van der Waals surface area contributed by atoms with Crippen molar-refractivity contribution in [3.05, 3.63) is 34.2 Å². The molecule has 1 aliphatic rings. The van der Waals surface area contributed by atoms with Crippen molar-refractivity contribution in [2.75, 3.05) is 7.05 Å². The number of hydrogen-bond donors (Lipinski definition) is 1. The minimum Gasteiger partial charge on any atom is -0.317 e. The summed E-state index contributed by atoms with van der Waals surface area (Å²) in [6, 6.07) is 2.24. The van der Waals surface area contributed by atoms with Gasteiger partial charge in [-0.2, -0.15) is 13.2 Å². The smallest absolute Gasteiger partial charge is 0.317 e. The highest BCUT2D eigenvalue weighted by molar-refractivity contribution is 5.13. The Hall–Kier alpha value is -1.30. The van der Waals surface area contributed by atoms with Gasteiger partial charge in [0.05, 0.1) is 5.56 Å². The van der Waals surface area contributed by atoms with Gasteiger partial charge >= 0.3 is 6.18 Å². The Balaban J connectivity index is 2.07. The van der Waals surface area contributed by atoms with Crippen LogP contribution in [0.15, 0.2) is 23.1 Å². The van der Waals surface area contributed by atoms with E-state index in [2.05, 4.69) is 5.32 Å². The Morgan fingerprint density at radius 3 is 2.75 bits per heavy atom. The van der Waals surface area contributed by atoms with Crippen LogP contribution in [0.1, 0.15) is 31.2 Å². The molecule has 1 aromatic heterocycles. The van der Waals surface area contributed by atoms with E-state index in [0.29, 0.717) is 18.5 Å². The molecule has 6 heteroatoms. The SMILES string of the molecule is CNC1CCCC1CCn1cc(C(F)(F)F)ccc1=O. The maximum Gasteiger partial charge on any atom is 0.417 e. The van der Waals surface area contributed by atoms with E-state index in [0.717, 1.165) is 44.0 Å². The standard InChI is InChI=1S/C14H19F3N2O/c1-18-12-4-2-3-10(12)7-8-19-9-11(14(15,16)17)5-6-13(19)20/h5-6,9-10,12,18H,2-4,7-8H2,1H3. The Morgan fingerprint density at radius 1 is 1.35 bits per heavy atom. The molecule has 1 fully saturated rings. The molecule has 0 aliphatic heterocycles. The molecule has 1 saturated carbocycles. The predicted molar refractivity (Wildman–Crippen MR) is 70.5 cm³/mol. The zero-order valence-corrected chi connectivity index (χ0v) is 11.4. The summed E-state index contributed by atoms with van der Waals surface area (Å²) in [5, 5.41) is 3.23. The van der Waals surface area contributed by atoms with Gasteiger partial charge in [0.2, 0.25) is 0 Å². The molecule has 0 amide bonds. The lowest BCUT2D eigenvalue weighted by molar-refractivity contribution is -0.138. The maximum atomic E-state index is 12.6. The van der Waals surface area contributed by atoms with Crippen LogP contribution in [0.4, 0.5) is 13.2 Å². The summed E-state index contributed by atoms with van der Waals surface area (Å²) >= 11 is 0. The van der Waals surface area contributed by atoms with Crippen LogP contribution in [-0.4, -0.2) is 17.7 Å². The number of halogens is 3. The quantitative estimate of drug-likeness (QED) is 0.924. The second kappa shape index (κ2) is 5.99. The summed E-state index contributed by atoms with van der Waals surface area (Å²) in [5.74, 6) is 0.432. The molecule has 1 N–H and O–H groups in total. The fourth-order valence-electron chi connectivity index (χ4n) is 2.94. The summed E-state index contributed by atoms with van der Waals surface area (Å²) in [6.45, 7) is 0.339. The number of alkyl halides is 3. The van der Waals surface area contributed by atoms with Gasteiger partial charge in [-0.15, -0.1) is 0 Å². The molecule has 20 heavy (non-hydrogen) atoms. The minimum absolute atomic E-state index is 0.339. The fourth-order valence-corrected chi connectivity index (χ4v) is 2.94. The Morgan fingerprint density at radius 2 is 2.10 bits per heavy atom. The van der Waals surface area contributed by atoms with Crippen LogP contribution >= 0.6 is 0 Å². The van der Waals surface area contributed by atoms with Crippen LogP contribution in [0.25, 0.3) is 0 Å². The Kier molecular flexibility index (Phi) is 4.52. The first kappa shape index (κ1) is 15.1. The zero-order valence-electron chi connectivity index (χ0n) is 11.4. The van der Waals surface area contributed by atoms with Gasteiger partial charge in [-0.3, -0.25) is 4.79 Å². The van der Waals surface area contributed by atoms with Crippen molar-refractivity contribution in [1.29, 1.82) is 0 Å². The molecule has 1 heterocycles. The molecule has 0 saturated heterocycles. The van der Waals surface area contributed by atoms with E-state index in [1.54, 1.807) is 0 Å². The van der Waals surface area contributed by atoms with E-state index in [1.807, 2.05) is 7.05 Å². The second-order valence-electron chi connectivity index (χ2n) is 5.32. The molecule has 2 atom stereocenters. The first-order valence-corrected chi connectivity index (χ1v) is 6.87. The molecule has 2 rings (SSSR count). The molecule has 112 valence electrons. The second-order valence-corrected chi connectivity index (χ2v) is 5.32.